The fraction of sp³-hybridized carbons (Fsp3) is 0.294. The fourth-order valence-electron chi connectivity index (χ4n) is 2.36. The van der Waals surface area contributed by atoms with Gasteiger partial charge in [-0.25, -0.2) is 0 Å². The van der Waals surface area contributed by atoms with E-state index in [1.54, 1.807) is 18.5 Å². The highest BCUT2D eigenvalue weighted by atomic mass is 35.5. The summed E-state index contributed by atoms with van der Waals surface area (Å²) in [6.45, 7) is 2.01. The number of carbonyl (C=O) groups is 1. The van der Waals surface area contributed by atoms with Gasteiger partial charge in [-0.3, -0.25) is 9.78 Å². The summed E-state index contributed by atoms with van der Waals surface area (Å²) >= 11 is 0. The predicted octanol–water partition coefficient (Wildman–Crippen LogP) is 3.03. The Morgan fingerprint density at radius 1 is 1.28 bits per heavy atom. The molecule has 1 aromatic carbocycles. The summed E-state index contributed by atoms with van der Waals surface area (Å²) in [7, 11) is 0. The Morgan fingerprint density at radius 3 is 2.80 bits per heavy atom. The first kappa shape index (κ1) is 21.2. The number of aromatic nitrogens is 1. The third-order valence-electron chi connectivity index (χ3n) is 3.46. The quantitative estimate of drug-likeness (QED) is 0.827. The monoisotopic (exact) mass is 385 g/mol. The number of ether oxygens (including phenoxy) is 2. The lowest BCUT2D eigenvalue weighted by atomic mass is 10.2. The molecule has 0 aliphatic carbocycles. The molecule has 3 rings (SSSR count). The second kappa shape index (κ2) is 10.9. The first-order chi connectivity index (χ1) is 11.3. The molecule has 0 saturated carbocycles. The number of pyridine rings is 1. The highest BCUT2D eigenvalue weighted by molar-refractivity contribution is 5.92. The number of rotatable bonds is 5. The highest BCUT2D eigenvalue weighted by Crippen LogP contribution is 2.28. The summed E-state index contributed by atoms with van der Waals surface area (Å²) in [5.41, 5.74) is 0.554. The van der Waals surface area contributed by atoms with E-state index < -0.39 is 0 Å². The van der Waals surface area contributed by atoms with Gasteiger partial charge in [-0.1, -0.05) is 18.2 Å². The van der Waals surface area contributed by atoms with Crippen LogP contribution in [-0.4, -0.2) is 36.7 Å². The number of anilines is 1. The molecular formula is C17H21Cl2N3O3. The minimum atomic E-state index is -0.0982. The number of halogens is 2. The Morgan fingerprint density at radius 2 is 2.08 bits per heavy atom. The molecule has 2 N–H and O–H groups in total. The molecule has 1 aromatic heterocycles. The lowest BCUT2D eigenvalue weighted by molar-refractivity contribution is -0.117. The van der Waals surface area contributed by atoms with Crippen molar-refractivity contribution >= 4 is 36.4 Å². The first-order valence-electron chi connectivity index (χ1n) is 7.59. The maximum Gasteiger partial charge on any atom is 0.226 e. The number of benzene rings is 1. The molecule has 1 amide bonds. The van der Waals surface area contributed by atoms with Gasteiger partial charge in [0, 0.05) is 31.3 Å². The molecule has 25 heavy (non-hydrogen) atoms. The minimum absolute atomic E-state index is 0. The number of carbonyl (C=O) groups excluding carboxylic acids is 1. The van der Waals surface area contributed by atoms with Gasteiger partial charge >= 0.3 is 0 Å². The van der Waals surface area contributed by atoms with Gasteiger partial charge in [-0.05, 0) is 12.1 Å². The molecule has 1 unspecified atom stereocenters. The average Bonchev–Trinajstić information content (AvgIpc) is 2.58. The zero-order chi connectivity index (χ0) is 15.9. The molecular weight excluding hydrogens is 365 g/mol. The first-order valence-corrected chi connectivity index (χ1v) is 7.59. The van der Waals surface area contributed by atoms with Gasteiger partial charge in [0.05, 0.1) is 19.4 Å². The van der Waals surface area contributed by atoms with Crippen molar-refractivity contribution in [2.75, 3.05) is 25.1 Å². The van der Waals surface area contributed by atoms with Crippen LogP contribution in [0.1, 0.15) is 6.42 Å². The summed E-state index contributed by atoms with van der Waals surface area (Å²) in [5.74, 6) is 1.17. The van der Waals surface area contributed by atoms with Crippen LogP contribution in [0.25, 0.3) is 0 Å². The largest absolute Gasteiger partial charge is 0.455 e. The van der Waals surface area contributed by atoms with Crippen LogP contribution in [0.3, 0.4) is 0 Å². The number of nitrogens with one attached hydrogen (secondary N) is 2. The molecule has 1 saturated heterocycles. The minimum Gasteiger partial charge on any atom is -0.455 e. The smallest absolute Gasteiger partial charge is 0.226 e. The molecule has 0 spiro atoms. The Kier molecular flexibility index (Phi) is 9.23. The van der Waals surface area contributed by atoms with Crippen molar-refractivity contribution in [1.29, 1.82) is 0 Å². The predicted molar refractivity (Wildman–Crippen MR) is 101 cm³/mol. The second-order valence-electron chi connectivity index (χ2n) is 5.27. The van der Waals surface area contributed by atoms with Crippen molar-refractivity contribution in [1.82, 2.24) is 10.3 Å². The number of nitrogens with zero attached hydrogens (tertiary/aromatic N) is 1. The molecule has 0 radical (unpaired) electrons. The van der Waals surface area contributed by atoms with Gasteiger partial charge in [-0.15, -0.1) is 24.8 Å². The molecule has 2 aromatic rings. The van der Waals surface area contributed by atoms with Crippen LogP contribution in [-0.2, 0) is 9.53 Å². The Balaban J connectivity index is 0.00000156. The van der Waals surface area contributed by atoms with Crippen molar-refractivity contribution in [3.8, 4) is 11.5 Å². The van der Waals surface area contributed by atoms with Crippen LogP contribution in [0.2, 0.25) is 0 Å². The third-order valence-corrected chi connectivity index (χ3v) is 3.46. The molecule has 1 fully saturated rings. The summed E-state index contributed by atoms with van der Waals surface area (Å²) < 4.78 is 11.2. The standard InChI is InChI=1S/C17H19N3O3.2ClH/c21-17(10-13-12-22-9-8-19-13)20-15-11-18-7-6-16(15)23-14-4-2-1-3-5-14;;/h1-7,11,13,19H,8-10,12H2,(H,20,21);2*1H. The van der Waals surface area contributed by atoms with Crippen molar-refractivity contribution in [3.63, 3.8) is 0 Å². The van der Waals surface area contributed by atoms with Crippen molar-refractivity contribution in [2.45, 2.75) is 12.5 Å². The summed E-state index contributed by atoms with van der Waals surface area (Å²) in [6, 6.07) is 11.2. The van der Waals surface area contributed by atoms with Crippen LogP contribution < -0.4 is 15.4 Å². The Labute approximate surface area is 159 Å². The van der Waals surface area contributed by atoms with Gasteiger partial charge in [0.25, 0.3) is 0 Å². The molecule has 2 heterocycles. The molecule has 0 bridgehead atoms. The topological polar surface area (TPSA) is 72.5 Å². The van der Waals surface area contributed by atoms with Gasteiger partial charge in [-0.2, -0.15) is 0 Å². The van der Waals surface area contributed by atoms with Crippen LogP contribution in [0.4, 0.5) is 5.69 Å². The van der Waals surface area contributed by atoms with Crippen LogP contribution in [0.15, 0.2) is 48.8 Å². The zero-order valence-corrected chi connectivity index (χ0v) is 15.1. The molecule has 8 heteroatoms. The van der Waals surface area contributed by atoms with E-state index in [4.69, 9.17) is 9.47 Å². The normalized spacial score (nSPS) is 16.1. The summed E-state index contributed by atoms with van der Waals surface area (Å²) in [5, 5.41) is 6.11. The highest BCUT2D eigenvalue weighted by Gasteiger charge is 2.18. The molecule has 1 aliphatic rings. The second-order valence-corrected chi connectivity index (χ2v) is 5.27. The van der Waals surface area contributed by atoms with Crippen LogP contribution in [0.5, 0.6) is 11.5 Å². The lowest BCUT2D eigenvalue weighted by Gasteiger charge is -2.23. The van der Waals surface area contributed by atoms with Gasteiger partial charge < -0.3 is 20.1 Å². The van der Waals surface area contributed by atoms with Gasteiger partial charge in [0.2, 0.25) is 5.91 Å². The third kappa shape index (κ3) is 6.51. The van der Waals surface area contributed by atoms with Crippen LogP contribution >= 0.6 is 24.8 Å². The van der Waals surface area contributed by atoms with Crippen molar-refractivity contribution < 1.29 is 14.3 Å². The number of para-hydroxylation sites is 1. The molecule has 1 aliphatic heterocycles. The van der Waals surface area contributed by atoms with E-state index in [0.29, 0.717) is 36.8 Å². The molecule has 136 valence electrons. The van der Waals surface area contributed by atoms with E-state index in [0.717, 1.165) is 6.54 Å². The average molecular weight is 386 g/mol. The van der Waals surface area contributed by atoms with E-state index in [-0.39, 0.29) is 36.8 Å². The number of hydrogen-bond donors (Lipinski definition) is 2. The van der Waals surface area contributed by atoms with E-state index in [1.807, 2.05) is 30.3 Å². The fourth-order valence-corrected chi connectivity index (χ4v) is 2.36. The SMILES string of the molecule is Cl.Cl.O=C(CC1COCCN1)Nc1cnccc1Oc1ccccc1. The molecule has 1 atom stereocenters. The van der Waals surface area contributed by atoms with E-state index >= 15 is 0 Å². The number of amides is 1. The molecule has 6 nitrogen and oxygen atoms in total. The number of morpholine rings is 1. The van der Waals surface area contributed by atoms with Crippen molar-refractivity contribution in [3.05, 3.63) is 48.8 Å². The maximum absolute atomic E-state index is 12.2. The lowest BCUT2D eigenvalue weighted by Crippen LogP contribution is -2.43. The van der Waals surface area contributed by atoms with Crippen LogP contribution in [0, 0.1) is 0 Å². The summed E-state index contributed by atoms with van der Waals surface area (Å²) in [6.07, 6.45) is 3.56. The van der Waals surface area contributed by atoms with Crippen molar-refractivity contribution in [2.24, 2.45) is 0 Å². The van der Waals surface area contributed by atoms with Gasteiger partial charge in [0.1, 0.15) is 11.4 Å². The van der Waals surface area contributed by atoms with E-state index in [1.165, 1.54) is 0 Å². The Bertz CT molecular complexity index is 653. The number of hydrogen-bond acceptors (Lipinski definition) is 5. The van der Waals surface area contributed by atoms with E-state index in [9.17, 15) is 4.79 Å². The zero-order valence-electron chi connectivity index (χ0n) is 13.5. The summed E-state index contributed by atoms with van der Waals surface area (Å²) in [4.78, 5) is 16.2. The maximum atomic E-state index is 12.2. The van der Waals surface area contributed by atoms with Gasteiger partial charge in [0.15, 0.2) is 5.75 Å². The Hall–Kier alpha value is -1.86. The van der Waals surface area contributed by atoms with E-state index in [2.05, 4.69) is 15.6 Å².